The van der Waals surface area contributed by atoms with E-state index in [-0.39, 0.29) is 5.91 Å². The minimum atomic E-state index is -0.0980. The number of benzene rings is 3. The first-order valence-corrected chi connectivity index (χ1v) is 10.4. The Morgan fingerprint density at radius 1 is 0.967 bits per heavy atom. The average molecular weight is 398 g/mol. The third kappa shape index (κ3) is 3.50. The van der Waals surface area contributed by atoms with Gasteiger partial charge in [-0.15, -0.1) is 0 Å². The summed E-state index contributed by atoms with van der Waals surface area (Å²) in [4.78, 5) is 17.1. The first-order chi connectivity index (χ1) is 14.5. The van der Waals surface area contributed by atoms with E-state index in [4.69, 9.17) is 4.98 Å². The Hall–Kier alpha value is -3.40. The van der Waals surface area contributed by atoms with Gasteiger partial charge in [-0.1, -0.05) is 55.0 Å². The monoisotopic (exact) mass is 397 g/mol. The smallest absolute Gasteiger partial charge is 0.251 e. The minimum absolute atomic E-state index is 0.0980. The number of amides is 1. The van der Waals surface area contributed by atoms with Crippen molar-refractivity contribution in [2.45, 2.75) is 33.7 Å². The van der Waals surface area contributed by atoms with Crippen LogP contribution in [0.25, 0.3) is 33.5 Å². The number of imidazole rings is 1. The van der Waals surface area contributed by atoms with E-state index in [1.54, 1.807) is 7.05 Å². The summed E-state index contributed by atoms with van der Waals surface area (Å²) in [6.07, 6.45) is 1.00. The summed E-state index contributed by atoms with van der Waals surface area (Å²) in [6, 6.07) is 20.8. The van der Waals surface area contributed by atoms with E-state index >= 15 is 0 Å². The summed E-state index contributed by atoms with van der Waals surface area (Å²) in [6.45, 7) is 7.31. The molecule has 0 spiro atoms. The Labute approximate surface area is 177 Å². The van der Waals surface area contributed by atoms with Gasteiger partial charge in [-0.2, -0.15) is 0 Å². The van der Waals surface area contributed by atoms with Gasteiger partial charge in [0, 0.05) is 24.7 Å². The lowest BCUT2D eigenvalue weighted by Crippen LogP contribution is -2.17. The van der Waals surface area contributed by atoms with Gasteiger partial charge in [0.1, 0.15) is 5.82 Å². The Balaban J connectivity index is 1.95. The maximum Gasteiger partial charge on any atom is 0.251 e. The SMILES string of the molecule is CCCn1c(-c2ccccc2-c2ccc(C)cc2C)nc2cc(C(=O)NC)ccc21. The molecule has 0 saturated heterocycles. The third-order valence-corrected chi connectivity index (χ3v) is 5.52. The van der Waals surface area contributed by atoms with Gasteiger partial charge in [0.2, 0.25) is 0 Å². The lowest BCUT2D eigenvalue weighted by atomic mass is 9.94. The van der Waals surface area contributed by atoms with E-state index in [1.807, 2.05) is 18.2 Å². The number of hydrogen-bond donors (Lipinski definition) is 1. The van der Waals surface area contributed by atoms with Crippen LogP contribution in [0.3, 0.4) is 0 Å². The van der Waals surface area contributed by atoms with E-state index in [0.29, 0.717) is 5.56 Å². The fraction of sp³-hybridized carbons (Fsp3) is 0.231. The number of carbonyl (C=O) groups excluding carboxylic acids is 1. The van der Waals surface area contributed by atoms with Gasteiger partial charge < -0.3 is 9.88 Å². The van der Waals surface area contributed by atoms with Crippen molar-refractivity contribution >= 4 is 16.9 Å². The summed E-state index contributed by atoms with van der Waals surface area (Å²) in [5.41, 5.74) is 8.53. The summed E-state index contributed by atoms with van der Waals surface area (Å²) in [7, 11) is 1.65. The van der Waals surface area contributed by atoms with E-state index in [9.17, 15) is 4.79 Å². The van der Waals surface area contributed by atoms with Gasteiger partial charge in [0.05, 0.1) is 11.0 Å². The number of nitrogens with zero attached hydrogens (tertiary/aromatic N) is 2. The zero-order valence-electron chi connectivity index (χ0n) is 18.0. The second-order valence-electron chi connectivity index (χ2n) is 7.73. The largest absolute Gasteiger partial charge is 0.355 e. The van der Waals surface area contributed by atoms with Crippen molar-refractivity contribution in [1.82, 2.24) is 14.9 Å². The van der Waals surface area contributed by atoms with E-state index in [2.05, 4.69) is 73.1 Å². The van der Waals surface area contributed by atoms with Crippen LogP contribution in [-0.4, -0.2) is 22.5 Å². The molecule has 1 N–H and O–H groups in total. The normalized spacial score (nSPS) is 11.1. The van der Waals surface area contributed by atoms with Crippen LogP contribution in [0.1, 0.15) is 34.8 Å². The average Bonchev–Trinajstić information content (AvgIpc) is 3.11. The van der Waals surface area contributed by atoms with Gasteiger partial charge in [-0.3, -0.25) is 4.79 Å². The molecule has 3 aromatic carbocycles. The van der Waals surface area contributed by atoms with Gasteiger partial charge in [0.15, 0.2) is 0 Å². The number of carbonyl (C=O) groups is 1. The predicted octanol–water partition coefficient (Wildman–Crippen LogP) is 5.76. The Kier molecular flexibility index (Phi) is 5.40. The minimum Gasteiger partial charge on any atom is -0.355 e. The molecule has 4 heteroatoms. The highest BCUT2D eigenvalue weighted by Gasteiger charge is 2.18. The number of fused-ring (bicyclic) bond motifs is 1. The summed E-state index contributed by atoms with van der Waals surface area (Å²) in [5, 5.41) is 2.69. The van der Waals surface area contributed by atoms with Crippen LogP contribution in [-0.2, 0) is 6.54 Å². The quantitative estimate of drug-likeness (QED) is 0.466. The molecule has 4 nitrogen and oxygen atoms in total. The molecule has 4 aromatic rings. The van der Waals surface area contributed by atoms with Crippen molar-refractivity contribution < 1.29 is 4.79 Å². The van der Waals surface area contributed by atoms with Crippen molar-refractivity contribution in [3.05, 3.63) is 77.4 Å². The van der Waals surface area contributed by atoms with E-state index in [0.717, 1.165) is 35.4 Å². The molecule has 0 bridgehead atoms. The second kappa shape index (κ2) is 8.15. The van der Waals surface area contributed by atoms with Crippen LogP contribution in [0.15, 0.2) is 60.7 Å². The van der Waals surface area contributed by atoms with Gasteiger partial charge in [-0.25, -0.2) is 4.98 Å². The molecular formula is C26H27N3O. The lowest BCUT2D eigenvalue weighted by Gasteiger charge is -2.14. The fourth-order valence-electron chi connectivity index (χ4n) is 4.10. The molecule has 1 amide bonds. The Morgan fingerprint density at radius 3 is 2.43 bits per heavy atom. The molecule has 0 aliphatic carbocycles. The molecule has 1 aromatic heterocycles. The van der Waals surface area contributed by atoms with E-state index in [1.165, 1.54) is 22.3 Å². The topological polar surface area (TPSA) is 46.9 Å². The van der Waals surface area contributed by atoms with Crippen LogP contribution in [0, 0.1) is 13.8 Å². The van der Waals surface area contributed by atoms with Crippen molar-refractivity contribution in [3.8, 4) is 22.5 Å². The second-order valence-corrected chi connectivity index (χ2v) is 7.73. The highest BCUT2D eigenvalue weighted by atomic mass is 16.1. The highest BCUT2D eigenvalue weighted by molar-refractivity contribution is 5.98. The number of rotatable bonds is 5. The van der Waals surface area contributed by atoms with Crippen LogP contribution >= 0.6 is 0 Å². The van der Waals surface area contributed by atoms with Crippen molar-refractivity contribution in [2.24, 2.45) is 0 Å². The first kappa shape index (κ1) is 19.9. The molecule has 0 saturated carbocycles. The number of aryl methyl sites for hydroxylation is 3. The van der Waals surface area contributed by atoms with Crippen LogP contribution < -0.4 is 5.32 Å². The van der Waals surface area contributed by atoms with Crippen molar-refractivity contribution in [1.29, 1.82) is 0 Å². The number of hydrogen-bond acceptors (Lipinski definition) is 2. The number of nitrogens with one attached hydrogen (secondary N) is 1. The van der Waals surface area contributed by atoms with E-state index < -0.39 is 0 Å². The van der Waals surface area contributed by atoms with Crippen LogP contribution in [0.5, 0.6) is 0 Å². The Morgan fingerprint density at radius 2 is 1.73 bits per heavy atom. The maximum absolute atomic E-state index is 12.1. The molecule has 1 heterocycles. The first-order valence-electron chi connectivity index (χ1n) is 10.4. The summed E-state index contributed by atoms with van der Waals surface area (Å²) < 4.78 is 2.27. The highest BCUT2D eigenvalue weighted by Crippen LogP contribution is 2.35. The molecule has 0 unspecified atom stereocenters. The van der Waals surface area contributed by atoms with Crippen molar-refractivity contribution in [3.63, 3.8) is 0 Å². The lowest BCUT2D eigenvalue weighted by molar-refractivity contribution is 0.0963. The maximum atomic E-state index is 12.1. The zero-order chi connectivity index (χ0) is 21.3. The predicted molar refractivity (Wildman–Crippen MR) is 124 cm³/mol. The number of aromatic nitrogens is 2. The van der Waals surface area contributed by atoms with Crippen molar-refractivity contribution in [2.75, 3.05) is 7.05 Å². The zero-order valence-corrected chi connectivity index (χ0v) is 18.0. The van der Waals surface area contributed by atoms with Crippen LogP contribution in [0.4, 0.5) is 0 Å². The fourth-order valence-corrected chi connectivity index (χ4v) is 4.10. The molecular weight excluding hydrogens is 370 g/mol. The molecule has 0 atom stereocenters. The van der Waals surface area contributed by atoms with Gasteiger partial charge >= 0.3 is 0 Å². The van der Waals surface area contributed by atoms with Crippen LogP contribution in [0.2, 0.25) is 0 Å². The molecule has 30 heavy (non-hydrogen) atoms. The molecule has 0 aliphatic rings. The molecule has 0 fully saturated rings. The van der Waals surface area contributed by atoms with Gasteiger partial charge in [-0.05, 0) is 55.2 Å². The molecule has 0 aliphatic heterocycles. The molecule has 4 rings (SSSR count). The summed E-state index contributed by atoms with van der Waals surface area (Å²) in [5.74, 6) is 0.843. The molecule has 152 valence electrons. The Bertz CT molecular complexity index is 1240. The molecule has 0 radical (unpaired) electrons. The summed E-state index contributed by atoms with van der Waals surface area (Å²) >= 11 is 0. The van der Waals surface area contributed by atoms with Gasteiger partial charge in [0.25, 0.3) is 5.91 Å². The third-order valence-electron chi connectivity index (χ3n) is 5.52. The standard InChI is InChI=1S/C26H27N3O/c1-5-14-29-24-13-11-19(26(30)27-4)16-23(24)28-25(29)22-9-7-6-8-21(22)20-12-10-17(2)15-18(20)3/h6-13,15-16H,5,14H2,1-4H3,(H,27,30).